The van der Waals surface area contributed by atoms with Gasteiger partial charge in [-0.2, -0.15) is 13.2 Å². The Labute approximate surface area is 210 Å². The number of halogens is 3. The normalized spacial score (nSPS) is 18.8. The first-order valence-corrected chi connectivity index (χ1v) is 12.4. The first-order valence-electron chi connectivity index (χ1n) is 12.4. The molecule has 1 amide bonds. The molecule has 2 aliphatic rings. The Kier molecular flexibility index (Phi) is 7.07. The zero-order valence-corrected chi connectivity index (χ0v) is 21.5. The summed E-state index contributed by atoms with van der Waals surface area (Å²) in [6, 6.07) is 2.63. The van der Waals surface area contributed by atoms with Gasteiger partial charge in [0.25, 0.3) is 0 Å². The number of carbonyl (C=O) groups is 1. The van der Waals surface area contributed by atoms with Crippen LogP contribution in [0.5, 0.6) is 0 Å². The van der Waals surface area contributed by atoms with Crippen LogP contribution in [0.25, 0.3) is 0 Å². The molecule has 2 aromatic rings. The number of alkyl halides is 3. The minimum Gasteiger partial charge on any atom is -0.444 e. The van der Waals surface area contributed by atoms with Gasteiger partial charge in [-0.25, -0.2) is 14.8 Å². The van der Waals surface area contributed by atoms with Gasteiger partial charge in [0.15, 0.2) is 0 Å². The zero-order valence-electron chi connectivity index (χ0n) is 21.5. The summed E-state index contributed by atoms with van der Waals surface area (Å²) >= 11 is 0. The quantitative estimate of drug-likeness (QED) is 0.581. The Bertz CT molecular complexity index is 1100. The van der Waals surface area contributed by atoms with Gasteiger partial charge < -0.3 is 19.4 Å². The number of carbonyl (C=O) groups excluding carboxylic acids is 1. The third kappa shape index (κ3) is 5.52. The molecule has 36 heavy (non-hydrogen) atoms. The van der Waals surface area contributed by atoms with Crippen LogP contribution in [0.15, 0.2) is 24.5 Å². The van der Waals surface area contributed by atoms with Crippen LogP contribution < -0.4 is 9.80 Å². The second kappa shape index (κ2) is 9.78. The van der Waals surface area contributed by atoms with Gasteiger partial charge >= 0.3 is 12.3 Å². The number of rotatable bonds is 3. The van der Waals surface area contributed by atoms with Gasteiger partial charge in [-0.1, -0.05) is 6.92 Å². The minimum atomic E-state index is -4.42. The van der Waals surface area contributed by atoms with Crippen molar-refractivity contribution in [3.63, 3.8) is 0 Å². The Morgan fingerprint density at radius 3 is 2.33 bits per heavy atom. The third-order valence-electron chi connectivity index (χ3n) is 6.66. The average Bonchev–Trinajstić information content (AvgIpc) is 2.81. The van der Waals surface area contributed by atoms with Gasteiger partial charge in [0.1, 0.15) is 11.4 Å². The van der Waals surface area contributed by atoms with E-state index in [1.165, 1.54) is 6.07 Å². The largest absolute Gasteiger partial charge is 0.444 e. The standard InChI is InChI=1S/C26H34F3N5O2/c1-6-23-30-13-18(14-31-23)32-10-9-19-20(16-32)22(8-7-21(19)26(27,28)29)33-11-12-34(17(2)15-33)24(35)36-25(3,4)5/h7-8,13-14,17H,6,9-12,15-16H2,1-5H3. The number of aryl methyl sites for hydroxylation is 1. The van der Waals surface area contributed by atoms with Crippen molar-refractivity contribution in [3.8, 4) is 0 Å². The van der Waals surface area contributed by atoms with Crippen LogP contribution in [-0.4, -0.2) is 58.8 Å². The first-order chi connectivity index (χ1) is 16.9. The van der Waals surface area contributed by atoms with Crippen LogP contribution in [0.1, 0.15) is 57.1 Å². The number of hydrogen-bond donors (Lipinski definition) is 0. The molecule has 1 fully saturated rings. The number of piperazine rings is 1. The van der Waals surface area contributed by atoms with Crippen molar-refractivity contribution < 1.29 is 22.7 Å². The molecule has 10 heteroatoms. The molecule has 1 atom stereocenters. The molecule has 0 radical (unpaired) electrons. The highest BCUT2D eigenvalue weighted by molar-refractivity contribution is 5.70. The average molecular weight is 506 g/mol. The fraction of sp³-hybridized carbons (Fsp3) is 0.577. The van der Waals surface area contributed by atoms with Crippen LogP contribution in [0.4, 0.5) is 29.3 Å². The number of hydrogen-bond acceptors (Lipinski definition) is 6. The van der Waals surface area contributed by atoms with Gasteiger partial charge in [0.2, 0.25) is 0 Å². The maximum atomic E-state index is 13.9. The van der Waals surface area contributed by atoms with Gasteiger partial charge in [-0.05, 0) is 57.4 Å². The maximum Gasteiger partial charge on any atom is 0.416 e. The van der Waals surface area contributed by atoms with Crippen LogP contribution in [0.3, 0.4) is 0 Å². The van der Waals surface area contributed by atoms with E-state index in [0.717, 1.165) is 23.6 Å². The monoisotopic (exact) mass is 505 g/mol. The molecule has 1 unspecified atom stereocenters. The lowest BCUT2D eigenvalue weighted by Gasteiger charge is -2.43. The van der Waals surface area contributed by atoms with E-state index in [0.29, 0.717) is 43.9 Å². The van der Waals surface area contributed by atoms with Gasteiger partial charge in [0, 0.05) is 50.9 Å². The lowest BCUT2D eigenvalue weighted by Crippen LogP contribution is -2.55. The molecular weight excluding hydrogens is 471 g/mol. The smallest absolute Gasteiger partial charge is 0.416 e. The van der Waals surface area contributed by atoms with E-state index < -0.39 is 17.3 Å². The molecule has 1 saturated heterocycles. The molecule has 0 spiro atoms. The second-order valence-corrected chi connectivity index (χ2v) is 10.4. The lowest BCUT2D eigenvalue weighted by molar-refractivity contribution is -0.138. The molecule has 0 bridgehead atoms. The highest BCUT2D eigenvalue weighted by Gasteiger charge is 2.38. The number of fused-ring (bicyclic) bond motifs is 1. The topological polar surface area (TPSA) is 61.8 Å². The summed E-state index contributed by atoms with van der Waals surface area (Å²) in [6.07, 6.45) is -0.307. The third-order valence-corrected chi connectivity index (χ3v) is 6.66. The van der Waals surface area contributed by atoms with Crippen LogP contribution >= 0.6 is 0 Å². The molecule has 1 aromatic carbocycles. The molecular formula is C26H34F3N5O2. The van der Waals surface area contributed by atoms with E-state index in [-0.39, 0.29) is 18.6 Å². The summed E-state index contributed by atoms with van der Waals surface area (Å²) in [4.78, 5) is 27.2. The van der Waals surface area contributed by atoms with Crippen LogP contribution in [-0.2, 0) is 30.3 Å². The highest BCUT2D eigenvalue weighted by Crippen LogP contribution is 2.40. The van der Waals surface area contributed by atoms with E-state index in [1.807, 2.05) is 39.5 Å². The number of benzene rings is 1. The molecule has 7 nitrogen and oxygen atoms in total. The number of amides is 1. The number of nitrogens with zero attached hydrogens (tertiary/aromatic N) is 5. The van der Waals surface area contributed by atoms with E-state index in [4.69, 9.17) is 4.74 Å². The Balaban J connectivity index is 1.62. The maximum absolute atomic E-state index is 13.9. The summed E-state index contributed by atoms with van der Waals surface area (Å²) in [7, 11) is 0. The Morgan fingerprint density at radius 1 is 1.06 bits per heavy atom. The van der Waals surface area contributed by atoms with E-state index in [2.05, 4.69) is 14.9 Å². The van der Waals surface area contributed by atoms with Crippen molar-refractivity contribution in [2.45, 2.75) is 71.8 Å². The second-order valence-electron chi connectivity index (χ2n) is 10.4. The number of aromatic nitrogens is 2. The van der Waals surface area contributed by atoms with Crippen molar-refractivity contribution in [1.29, 1.82) is 0 Å². The Morgan fingerprint density at radius 2 is 1.75 bits per heavy atom. The van der Waals surface area contributed by atoms with Crippen molar-refractivity contribution in [2.75, 3.05) is 36.0 Å². The molecule has 0 N–H and O–H groups in total. The van der Waals surface area contributed by atoms with Gasteiger partial charge in [-0.3, -0.25) is 0 Å². The van der Waals surface area contributed by atoms with E-state index in [9.17, 15) is 18.0 Å². The molecule has 3 heterocycles. The fourth-order valence-corrected chi connectivity index (χ4v) is 4.90. The molecule has 196 valence electrons. The summed E-state index contributed by atoms with van der Waals surface area (Å²) in [6.45, 7) is 11.6. The van der Waals surface area contributed by atoms with Crippen molar-refractivity contribution in [1.82, 2.24) is 14.9 Å². The molecule has 0 saturated carbocycles. The fourth-order valence-electron chi connectivity index (χ4n) is 4.90. The molecule has 1 aromatic heterocycles. The summed E-state index contributed by atoms with van der Waals surface area (Å²) in [5.41, 5.74) is 1.44. The van der Waals surface area contributed by atoms with Crippen molar-refractivity contribution in [3.05, 3.63) is 47.0 Å². The predicted octanol–water partition coefficient (Wildman–Crippen LogP) is 5.07. The van der Waals surface area contributed by atoms with Crippen LogP contribution in [0, 0.1) is 0 Å². The number of ether oxygens (including phenoxy) is 1. The molecule has 0 aliphatic carbocycles. The zero-order chi connectivity index (χ0) is 26.3. The predicted molar refractivity (Wildman–Crippen MR) is 132 cm³/mol. The Hall–Kier alpha value is -3.04. The SMILES string of the molecule is CCc1ncc(N2CCc3c(C(F)(F)F)ccc(N4CCN(C(=O)OC(C)(C)C)C(C)C4)c3C2)cn1. The first kappa shape index (κ1) is 26.0. The lowest BCUT2D eigenvalue weighted by atomic mass is 9.91. The van der Waals surface area contributed by atoms with Crippen molar-refractivity contribution in [2.24, 2.45) is 0 Å². The van der Waals surface area contributed by atoms with E-state index in [1.54, 1.807) is 23.4 Å². The van der Waals surface area contributed by atoms with E-state index >= 15 is 0 Å². The summed E-state index contributed by atoms with van der Waals surface area (Å²) in [5.74, 6) is 0.730. The van der Waals surface area contributed by atoms with Gasteiger partial charge in [-0.15, -0.1) is 0 Å². The highest BCUT2D eigenvalue weighted by atomic mass is 19.4. The minimum absolute atomic E-state index is 0.152. The molecule has 2 aliphatic heterocycles. The summed E-state index contributed by atoms with van der Waals surface area (Å²) in [5, 5.41) is 0. The van der Waals surface area contributed by atoms with Crippen molar-refractivity contribution >= 4 is 17.5 Å². The van der Waals surface area contributed by atoms with Crippen LogP contribution in [0.2, 0.25) is 0 Å². The number of anilines is 2. The summed E-state index contributed by atoms with van der Waals surface area (Å²) < 4.78 is 47.2. The molecule has 4 rings (SSSR count). The van der Waals surface area contributed by atoms with Gasteiger partial charge in [0.05, 0.1) is 23.6 Å².